The number of amides is 1. The van der Waals surface area contributed by atoms with Crippen LogP contribution < -0.4 is 14.8 Å². The van der Waals surface area contributed by atoms with Gasteiger partial charge in [0.1, 0.15) is 5.82 Å². The van der Waals surface area contributed by atoms with E-state index in [1.165, 1.54) is 6.08 Å². The lowest BCUT2D eigenvalue weighted by atomic mass is 9.96. The van der Waals surface area contributed by atoms with Crippen molar-refractivity contribution >= 4 is 29.3 Å². The maximum atomic E-state index is 12.0. The number of aromatic nitrogens is 2. The maximum absolute atomic E-state index is 12.0. The summed E-state index contributed by atoms with van der Waals surface area (Å²) < 4.78 is 10.6. The van der Waals surface area contributed by atoms with Gasteiger partial charge >= 0.3 is 0 Å². The Hall–Kier alpha value is -2.60. The lowest BCUT2D eigenvalue weighted by Crippen LogP contribution is -2.16. The predicted octanol–water partition coefficient (Wildman–Crippen LogP) is 3.81. The summed E-state index contributed by atoms with van der Waals surface area (Å²) >= 11 is 6.12. The van der Waals surface area contributed by atoms with E-state index in [1.807, 2.05) is 20.8 Å². The van der Waals surface area contributed by atoms with Crippen LogP contribution in [0.1, 0.15) is 32.2 Å². The van der Waals surface area contributed by atoms with E-state index in [-0.39, 0.29) is 18.1 Å². The molecule has 7 heteroatoms. The van der Waals surface area contributed by atoms with E-state index < -0.39 is 0 Å². The summed E-state index contributed by atoms with van der Waals surface area (Å²) in [6, 6.07) is 3.47. The van der Waals surface area contributed by atoms with Crippen molar-refractivity contribution < 1.29 is 14.3 Å². The molecule has 1 aliphatic rings. The lowest BCUT2D eigenvalue weighted by molar-refractivity contribution is -0.111. The van der Waals surface area contributed by atoms with Gasteiger partial charge in [-0.15, -0.1) is 0 Å². The summed E-state index contributed by atoms with van der Waals surface area (Å²) in [6.07, 6.45) is 6.24. The fourth-order valence-electron chi connectivity index (χ4n) is 2.22. The van der Waals surface area contributed by atoms with Gasteiger partial charge in [-0.3, -0.25) is 4.79 Å². The third-order valence-corrected chi connectivity index (χ3v) is 3.75. The molecule has 1 aromatic heterocycles. The molecule has 2 heterocycles. The number of hydrogen-bond acceptors (Lipinski definition) is 5. The summed E-state index contributed by atoms with van der Waals surface area (Å²) in [5.74, 6) is 1.52. The molecule has 0 fully saturated rings. The smallest absolute Gasteiger partial charge is 0.248 e. The SMILES string of the molecule is CC(C)(C)c1ncc(NC(=O)/C=C/c2cc(Cl)c3c(c2)OCO3)cn1. The standard InChI is InChI=1S/C18H18ClN3O3/c1-18(2,3)17-20-8-12(9-21-17)22-15(23)5-4-11-6-13(19)16-14(7-11)24-10-25-16/h4-9H,10H2,1-3H3,(H,22,23)/b5-4+. The largest absolute Gasteiger partial charge is 0.454 e. The topological polar surface area (TPSA) is 73.3 Å². The second kappa shape index (κ2) is 6.72. The third-order valence-electron chi connectivity index (χ3n) is 3.47. The number of nitrogens with one attached hydrogen (secondary N) is 1. The van der Waals surface area contributed by atoms with Crippen LogP contribution in [0.15, 0.2) is 30.6 Å². The van der Waals surface area contributed by atoms with Gasteiger partial charge in [0.15, 0.2) is 11.5 Å². The van der Waals surface area contributed by atoms with Gasteiger partial charge in [0, 0.05) is 11.5 Å². The van der Waals surface area contributed by atoms with Gasteiger partial charge in [0.05, 0.1) is 23.1 Å². The second-order valence-electron chi connectivity index (χ2n) is 6.60. The zero-order valence-electron chi connectivity index (χ0n) is 14.2. The molecule has 0 atom stereocenters. The van der Waals surface area contributed by atoms with E-state index in [0.717, 1.165) is 11.4 Å². The minimum atomic E-state index is -0.291. The highest BCUT2D eigenvalue weighted by atomic mass is 35.5. The molecule has 3 rings (SSSR count). The van der Waals surface area contributed by atoms with E-state index in [9.17, 15) is 4.79 Å². The zero-order chi connectivity index (χ0) is 18.0. The molecule has 0 saturated carbocycles. The van der Waals surface area contributed by atoms with Crippen LogP contribution in [-0.4, -0.2) is 22.7 Å². The van der Waals surface area contributed by atoms with E-state index in [4.69, 9.17) is 21.1 Å². The van der Waals surface area contributed by atoms with Crippen molar-refractivity contribution in [1.82, 2.24) is 9.97 Å². The molecule has 0 unspecified atom stereocenters. The van der Waals surface area contributed by atoms with Gasteiger partial charge in [0.2, 0.25) is 12.7 Å². The van der Waals surface area contributed by atoms with E-state index >= 15 is 0 Å². The van der Waals surface area contributed by atoms with Crippen LogP contribution in [0, 0.1) is 0 Å². The van der Waals surface area contributed by atoms with Crippen LogP contribution in [0.4, 0.5) is 5.69 Å². The van der Waals surface area contributed by atoms with Gasteiger partial charge in [-0.25, -0.2) is 9.97 Å². The monoisotopic (exact) mass is 359 g/mol. The van der Waals surface area contributed by atoms with Gasteiger partial charge in [-0.2, -0.15) is 0 Å². The molecule has 0 aliphatic carbocycles. The number of anilines is 1. The molecule has 1 aromatic carbocycles. The minimum Gasteiger partial charge on any atom is -0.454 e. The van der Waals surface area contributed by atoms with Gasteiger partial charge in [-0.05, 0) is 23.8 Å². The highest BCUT2D eigenvalue weighted by Gasteiger charge is 2.18. The Morgan fingerprint density at radius 2 is 1.96 bits per heavy atom. The molecule has 1 aliphatic heterocycles. The molecule has 0 radical (unpaired) electrons. The number of benzene rings is 1. The van der Waals surface area contributed by atoms with Crippen molar-refractivity contribution in [3.8, 4) is 11.5 Å². The molecule has 1 N–H and O–H groups in total. The number of rotatable bonds is 3. The maximum Gasteiger partial charge on any atom is 0.248 e. The first kappa shape index (κ1) is 17.2. The summed E-state index contributed by atoms with van der Waals surface area (Å²) in [4.78, 5) is 20.6. The van der Waals surface area contributed by atoms with Crippen LogP contribution in [0.25, 0.3) is 6.08 Å². The normalized spacial score (nSPS) is 13.3. The Balaban J connectivity index is 1.66. The van der Waals surface area contributed by atoms with E-state index in [2.05, 4.69) is 15.3 Å². The average molecular weight is 360 g/mol. The summed E-state index contributed by atoms with van der Waals surface area (Å²) in [5.41, 5.74) is 1.14. The highest BCUT2D eigenvalue weighted by Crippen LogP contribution is 2.40. The van der Waals surface area contributed by atoms with E-state index in [1.54, 1.807) is 30.6 Å². The van der Waals surface area contributed by atoms with Crippen molar-refractivity contribution in [3.63, 3.8) is 0 Å². The third kappa shape index (κ3) is 4.09. The predicted molar refractivity (Wildman–Crippen MR) is 96.0 cm³/mol. The van der Waals surface area contributed by atoms with Crippen LogP contribution in [-0.2, 0) is 10.2 Å². The van der Waals surface area contributed by atoms with Crippen molar-refractivity contribution in [3.05, 3.63) is 47.0 Å². The second-order valence-corrected chi connectivity index (χ2v) is 7.01. The van der Waals surface area contributed by atoms with Crippen molar-refractivity contribution in [2.24, 2.45) is 0 Å². The average Bonchev–Trinajstić information content (AvgIpc) is 3.02. The number of halogens is 1. The first-order valence-electron chi connectivity index (χ1n) is 7.74. The van der Waals surface area contributed by atoms with Gasteiger partial charge in [-0.1, -0.05) is 32.4 Å². The molecular formula is C18H18ClN3O3. The van der Waals surface area contributed by atoms with Gasteiger partial charge < -0.3 is 14.8 Å². The fraction of sp³-hybridized carbons (Fsp3) is 0.278. The van der Waals surface area contributed by atoms with Crippen LogP contribution in [0.2, 0.25) is 5.02 Å². The molecular weight excluding hydrogens is 342 g/mol. The molecule has 2 aromatic rings. The molecule has 130 valence electrons. The Labute approximate surface area is 150 Å². The molecule has 0 spiro atoms. The van der Waals surface area contributed by atoms with Crippen molar-refractivity contribution in [2.75, 3.05) is 12.1 Å². The number of ether oxygens (including phenoxy) is 2. The number of carbonyl (C=O) groups excluding carboxylic acids is 1. The summed E-state index contributed by atoms with van der Waals surface area (Å²) in [7, 11) is 0. The Morgan fingerprint density at radius 3 is 2.64 bits per heavy atom. The van der Waals surface area contributed by atoms with Crippen molar-refractivity contribution in [2.45, 2.75) is 26.2 Å². The molecule has 1 amide bonds. The summed E-state index contributed by atoms with van der Waals surface area (Å²) in [6.45, 7) is 6.23. The first-order chi connectivity index (χ1) is 11.8. The van der Waals surface area contributed by atoms with Gasteiger partial charge in [0.25, 0.3) is 0 Å². The Bertz CT molecular complexity index is 827. The molecule has 25 heavy (non-hydrogen) atoms. The highest BCUT2D eigenvalue weighted by molar-refractivity contribution is 6.32. The minimum absolute atomic E-state index is 0.138. The van der Waals surface area contributed by atoms with Crippen LogP contribution in [0.5, 0.6) is 11.5 Å². The Kier molecular flexibility index (Phi) is 4.63. The Morgan fingerprint density at radius 1 is 1.24 bits per heavy atom. The zero-order valence-corrected chi connectivity index (χ0v) is 14.9. The number of hydrogen-bond donors (Lipinski definition) is 1. The number of nitrogens with zero attached hydrogens (tertiary/aromatic N) is 2. The molecule has 0 bridgehead atoms. The van der Waals surface area contributed by atoms with Crippen LogP contribution in [0.3, 0.4) is 0 Å². The number of fused-ring (bicyclic) bond motifs is 1. The fourth-order valence-corrected chi connectivity index (χ4v) is 2.49. The lowest BCUT2D eigenvalue weighted by Gasteiger charge is -2.16. The molecule has 0 saturated heterocycles. The van der Waals surface area contributed by atoms with E-state index in [0.29, 0.717) is 22.2 Å². The number of carbonyl (C=O) groups is 1. The van der Waals surface area contributed by atoms with Crippen molar-refractivity contribution in [1.29, 1.82) is 0 Å². The summed E-state index contributed by atoms with van der Waals surface area (Å²) in [5, 5.41) is 3.16. The van der Waals surface area contributed by atoms with Crippen LogP contribution >= 0.6 is 11.6 Å². The molecule has 6 nitrogen and oxygen atoms in total. The quantitative estimate of drug-likeness (QED) is 0.843. The first-order valence-corrected chi connectivity index (χ1v) is 8.11.